The predicted octanol–water partition coefficient (Wildman–Crippen LogP) is 4.79. The Hall–Kier alpha value is -3.15. The van der Waals surface area contributed by atoms with Crippen molar-refractivity contribution < 1.29 is 19.1 Å². The number of aliphatic hydroxyl groups is 1. The molecule has 164 valence electrons. The van der Waals surface area contributed by atoms with Gasteiger partial charge in [-0.2, -0.15) is 0 Å². The van der Waals surface area contributed by atoms with Crippen molar-refractivity contribution in [3.8, 4) is 0 Å². The summed E-state index contributed by atoms with van der Waals surface area (Å²) in [6.45, 7) is 9.54. The van der Waals surface area contributed by atoms with Crippen LogP contribution in [0.1, 0.15) is 44.9 Å². The van der Waals surface area contributed by atoms with Gasteiger partial charge in [0, 0.05) is 31.2 Å². The largest absolute Gasteiger partial charge is 0.503 e. The van der Waals surface area contributed by atoms with Gasteiger partial charge in [0.1, 0.15) is 5.82 Å². The van der Waals surface area contributed by atoms with E-state index in [1.54, 1.807) is 26.0 Å². The number of benzene rings is 2. The Bertz CT molecular complexity index is 977. The van der Waals surface area contributed by atoms with Crippen LogP contribution < -0.4 is 4.90 Å². The van der Waals surface area contributed by atoms with Crippen molar-refractivity contribution in [2.45, 2.75) is 40.3 Å². The number of nitrogens with zero attached hydrogens (tertiary/aromatic N) is 2. The standard InChI is InChI=1S/C25H29FN2O3/c1-5-27(6-2)20-13-9-18(10-14-20)22-21(23(29)16(3)4)24(30)25(31)28(22)15-17-7-11-19(26)12-8-17/h7-14,16,22,30H,5-6,15H2,1-4H3. The van der Waals surface area contributed by atoms with Gasteiger partial charge in [-0.1, -0.05) is 38.1 Å². The molecule has 5 nitrogen and oxygen atoms in total. The molecular formula is C25H29FN2O3. The first kappa shape index (κ1) is 22.5. The Morgan fingerprint density at radius 2 is 1.65 bits per heavy atom. The molecule has 0 saturated heterocycles. The van der Waals surface area contributed by atoms with Gasteiger partial charge in [-0.3, -0.25) is 9.59 Å². The number of halogens is 1. The van der Waals surface area contributed by atoms with Crippen LogP contribution >= 0.6 is 0 Å². The maximum Gasteiger partial charge on any atom is 0.290 e. The quantitative estimate of drug-likeness (QED) is 0.662. The van der Waals surface area contributed by atoms with E-state index in [4.69, 9.17) is 0 Å². The summed E-state index contributed by atoms with van der Waals surface area (Å²) < 4.78 is 13.3. The van der Waals surface area contributed by atoms with Gasteiger partial charge in [-0.05, 0) is 49.2 Å². The minimum atomic E-state index is -0.696. The monoisotopic (exact) mass is 424 g/mol. The highest BCUT2D eigenvalue weighted by Crippen LogP contribution is 2.40. The fraction of sp³-hybridized carbons (Fsp3) is 0.360. The number of hydrogen-bond acceptors (Lipinski definition) is 4. The lowest BCUT2D eigenvalue weighted by molar-refractivity contribution is -0.130. The second-order valence-electron chi connectivity index (χ2n) is 8.01. The molecule has 1 aliphatic heterocycles. The lowest BCUT2D eigenvalue weighted by atomic mass is 9.91. The smallest absolute Gasteiger partial charge is 0.290 e. The summed E-state index contributed by atoms with van der Waals surface area (Å²) in [6.07, 6.45) is 0. The van der Waals surface area contributed by atoms with Gasteiger partial charge >= 0.3 is 0 Å². The van der Waals surface area contributed by atoms with Gasteiger partial charge in [-0.25, -0.2) is 4.39 Å². The molecule has 0 aliphatic carbocycles. The highest BCUT2D eigenvalue weighted by atomic mass is 19.1. The normalized spacial score (nSPS) is 16.4. The molecule has 6 heteroatoms. The Balaban J connectivity index is 2.03. The molecule has 0 fully saturated rings. The third-order valence-corrected chi connectivity index (χ3v) is 5.70. The van der Waals surface area contributed by atoms with Crippen molar-refractivity contribution in [3.05, 3.63) is 76.8 Å². The number of amides is 1. The minimum absolute atomic E-state index is 0.123. The van der Waals surface area contributed by atoms with Gasteiger partial charge in [-0.15, -0.1) is 0 Å². The molecule has 1 aliphatic rings. The van der Waals surface area contributed by atoms with Crippen molar-refractivity contribution in [2.24, 2.45) is 5.92 Å². The summed E-state index contributed by atoms with van der Waals surface area (Å²) in [5.41, 5.74) is 2.63. The number of carbonyl (C=O) groups is 2. The van der Waals surface area contributed by atoms with Crippen LogP contribution in [0.15, 0.2) is 59.9 Å². The Morgan fingerprint density at radius 3 is 2.16 bits per heavy atom. The van der Waals surface area contributed by atoms with Crippen LogP contribution in [0.5, 0.6) is 0 Å². The Labute approximate surface area is 182 Å². The van der Waals surface area contributed by atoms with Crippen LogP contribution in [0.25, 0.3) is 0 Å². The molecule has 1 atom stereocenters. The van der Waals surface area contributed by atoms with Crippen LogP contribution in [0.4, 0.5) is 10.1 Å². The fourth-order valence-corrected chi connectivity index (χ4v) is 3.97. The average molecular weight is 425 g/mol. The molecule has 1 unspecified atom stereocenters. The van der Waals surface area contributed by atoms with E-state index >= 15 is 0 Å². The summed E-state index contributed by atoms with van der Waals surface area (Å²) in [5.74, 6) is -2.08. The summed E-state index contributed by atoms with van der Waals surface area (Å²) in [4.78, 5) is 29.6. The molecule has 0 saturated carbocycles. The summed E-state index contributed by atoms with van der Waals surface area (Å²) in [7, 11) is 0. The molecule has 0 aromatic heterocycles. The Morgan fingerprint density at radius 1 is 1.06 bits per heavy atom. The topological polar surface area (TPSA) is 60.9 Å². The lowest BCUT2D eigenvalue weighted by Crippen LogP contribution is -2.31. The van der Waals surface area contributed by atoms with Crippen molar-refractivity contribution in [1.82, 2.24) is 4.90 Å². The molecule has 31 heavy (non-hydrogen) atoms. The predicted molar refractivity (Wildman–Crippen MR) is 119 cm³/mol. The van der Waals surface area contributed by atoms with E-state index in [0.29, 0.717) is 5.56 Å². The zero-order valence-electron chi connectivity index (χ0n) is 18.4. The third-order valence-electron chi connectivity index (χ3n) is 5.70. The van der Waals surface area contributed by atoms with Crippen molar-refractivity contribution in [2.75, 3.05) is 18.0 Å². The van der Waals surface area contributed by atoms with E-state index in [-0.39, 0.29) is 29.6 Å². The van der Waals surface area contributed by atoms with E-state index in [0.717, 1.165) is 24.3 Å². The van der Waals surface area contributed by atoms with Crippen LogP contribution in [0.3, 0.4) is 0 Å². The molecule has 1 N–H and O–H groups in total. The fourth-order valence-electron chi connectivity index (χ4n) is 3.97. The number of anilines is 1. The SMILES string of the molecule is CCN(CC)c1ccc(C2C(C(=O)C(C)C)=C(O)C(=O)N2Cc2ccc(F)cc2)cc1. The zero-order chi connectivity index (χ0) is 22.7. The second-order valence-corrected chi connectivity index (χ2v) is 8.01. The molecule has 1 heterocycles. The van der Waals surface area contributed by atoms with Gasteiger partial charge in [0.2, 0.25) is 0 Å². The number of Topliss-reactive ketones (excluding diaryl/α,β-unsaturated/α-hetero) is 1. The Kier molecular flexibility index (Phi) is 6.78. The first-order chi connectivity index (χ1) is 14.8. The zero-order valence-corrected chi connectivity index (χ0v) is 18.4. The molecule has 2 aromatic rings. The van der Waals surface area contributed by atoms with Gasteiger partial charge < -0.3 is 14.9 Å². The van der Waals surface area contributed by atoms with Gasteiger partial charge in [0.15, 0.2) is 11.5 Å². The molecule has 0 radical (unpaired) electrons. The van der Waals surface area contributed by atoms with Crippen molar-refractivity contribution >= 4 is 17.4 Å². The highest BCUT2D eigenvalue weighted by molar-refractivity contribution is 6.09. The van der Waals surface area contributed by atoms with E-state index < -0.39 is 17.7 Å². The summed E-state index contributed by atoms with van der Waals surface area (Å²) in [5, 5.41) is 10.6. The molecule has 3 rings (SSSR count). The molecule has 0 bridgehead atoms. The lowest BCUT2D eigenvalue weighted by Gasteiger charge is -2.28. The molecule has 0 spiro atoms. The van der Waals surface area contributed by atoms with Crippen LogP contribution in [-0.4, -0.2) is 34.8 Å². The molecular weight excluding hydrogens is 395 g/mol. The molecule has 2 aromatic carbocycles. The van der Waals surface area contributed by atoms with Gasteiger partial charge in [0.25, 0.3) is 5.91 Å². The highest BCUT2D eigenvalue weighted by Gasteiger charge is 2.43. The number of hydrogen-bond donors (Lipinski definition) is 1. The first-order valence-corrected chi connectivity index (χ1v) is 10.7. The summed E-state index contributed by atoms with van der Waals surface area (Å²) in [6, 6.07) is 12.9. The van der Waals surface area contributed by atoms with Crippen molar-refractivity contribution in [3.63, 3.8) is 0 Å². The van der Waals surface area contributed by atoms with Crippen molar-refractivity contribution in [1.29, 1.82) is 0 Å². The van der Waals surface area contributed by atoms with Crippen LogP contribution in [-0.2, 0) is 16.1 Å². The minimum Gasteiger partial charge on any atom is -0.503 e. The number of rotatable bonds is 8. The van der Waals surface area contributed by atoms with E-state index in [1.807, 2.05) is 24.3 Å². The van der Waals surface area contributed by atoms with Crippen LogP contribution in [0.2, 0.25) is 0 Å². The van der Waals surface area contributed by atoms with E-state index in [9.17, 15) is 19.1 Å². The molecule has 1 amide bonds. The summed E-state index contributed by atoms with van der Waals surface area (Å²) >= 11 is 0. The van der Waals surface area contributed by atoms with E-state index in [1.165, 1.54) is 17.0 Å². The maximum atomic E-state index is 13.3. The van der Waals surface area contributed by atoms with Gasteiger partial charge in [0.05, 0.1) is 11.6 Å². The maximum absolute atomic E-state index is 13.3. The number of aliphatic hydroxyl groups excluding tert-OH is 1. The third kappa shape index (κ3) is 4.48. The number of carbonyl (C=O) groups excluding carboxylic acids is 2. The first-order valence-electron chi connectivity index (χ1n) is 10.7. The second kappa shape index (κ2) is 9.33. The number of ketones is 1. The van der Waals surface area contributed by atoms with E-state index in [2.05, 4.69) is 18.7 Å². The van der Waals surface area contributed by atoms with Crippen LogP contribution in [0, 0.1) is 11.7 Å². The average Bonchev–Trinajstić information content (AvgIpc) is 3.01.